The van der Waals surface area contributed by atoms with E-state index in [1.54, 1.807) is 12.1 Å². The molecule has 0 spiro atoms. The van der Waals surface area contributed by atoms with Gasteiger partial charge in [0.15, 0.2) is 0 Å². The zero-order valence-corrected chi connectivity index (χ0v) is 9.92. The predicted molar refractivity (Wildman–Crippen MR) is 66.3 cm³/mol. The van der Waals surface area contributed by atoms with Crippen LogP contribution in [0.5, 0.6) is 0 Å². The van der Waals surface area contributed by atoms with Crippen molar-refractivity contribution in [3.05, 3.63) is 47.3 Å². The first kappa shape index (κ1) is 12.0. The Bertz CT molecular complexity index is 434. The molecule has 1 aromatic carbocycles. The largest absolute Gasteiger partial charge is 0.299 e. The van der Waals surface area contributed by atoms with Gasteiger partial charge in [0.25, 0.3) is 0 Å². The van der Waals surface area contributed by atoms with E-state index in [0.29, 0.717) is 12.8 Å². The zero-order chi connectivity index (χ0) is 12.1. The van der Waals surface area contributed by atoms with Crippen LogP contribution in [0, 0.1) is 5.82 Å². The lowest BCUT2D eigenvalue weighted by Crippen LogP contribution is -2.06. The maximum absolute atomic E-state index is 13.0. The van der Waals surface area contributed by atoms with Gasteiger partial charge >= 0.3 is 0 Å². The highest BCUT2D eigenvalue weighted by Crippen LogP contribution is 2.20. The summed E-state index contributed by atoms with van der Waals surface area (Å²) >= 11 is 0. The van der Waals surface area contributed by atoms with Crippen LogP contribution in [0.2, 0.25) is 0 Å². The van der Waals surface area contributed by atoms with Crippen LogP contribution in [0.1, 0.15) is 37.7 Å². The van der Waals surface area contributed by atoms with Gasteiger partial charge in [-0.3, -0.25) is 4.79 Å². The van der Waals surface area contributed by atoms with E-state index in [2.05, 4.69) is 6.08 Å². The Morgan fingerprint density at radius 1 is 1.24 bits per heavy atom. The van der Waals surface area contributed by atoms with Crippen molar-refractivity contribution in [1.82, 2.24) is 0 Å². The summed E-state index contributed by atoms with van der Waals surface area (Å²) in [5, 5.41) is 0. The maximum atomic E-state index is 13.0. The fraction of sp³-hybridized carbons (Fsp3) is 0.400. The number of hydrogen-bond donors (Lipinski definition) is 0. The van der Waals surface area contributed by atoms with Crippen LogP contribution >= 0.6 is 0 Å². The molecular weight excluding hydrogens is 215 g/mol. The molecule has 0 fully saturated rings. The molecule has 0 aromatic heterocycles. The second kappa shape index (κ2) is 5.76. The van der Waals surface area contributed by atoms with Crippen LogP contribution in [0.15, 0.2) is 35.9 Å². The van der Waals surface area contributed by atoms with Crippen molar-refractivity contribution >= 4 is 5.78 Å². The SMILES string of the molecule is O=C(CC1=CCCCC1)Cc1cccc(F)c1. The molecule has 1 aliphatic rings. The maximum Gasteiger partial charge on any atom is 0.141 e. The molecule has 0 aliphatic heterocycles. The van der Waals surface area contributed by atoms with E-state index in [-0.39, 0.29) is 11.6 Å². The molecule has 0 heterocycles. The van der Waals surface area contributed by atoms with Crippen LogP contribution < -0.4 is 0 Å². The van der Waals surface area contributed by atoms with Gasteiger partial charge in [-0.15, -0.1) is 0 Å². The van der Waals surface area contributed by atoms with Crippen LogP contribution in [0.3, 0.4) is 0 Å². The van der Waals surface area contributed by atoms with E-state index in [4.69, 9.17) is 0 Å². The van der Waals surface area contributed by atoms with E-state index >= 15 is 0 Å². The van der Waals surface area contributed by atoms with Gasteiger partial charge in [0.2, 0.25) is 0 Å². The van der Waals surface area contributed by atoms with Crippen molar-refractivity contribution in [1.29, 1.82) is 0 Å². The number of ketones is 1. The summed E-state index contributed by atoms with van der Waals surface area (Å²) in [6, 6.07) is 6.29. The summed E-state index contributed by atoms with van der Waals surface area (Å²) in [5.74, 6) is -0.0871. The Morgan fingerprint density at radius 3 is 2.82 bits per heavy atom. The number of hydrogen-bond acceptors (Lipinski definition) is 1. The standard InChI is InChI=1S/C15H17FO/c16-14-8-4-7-13(9-14)11-15(17)10-12-5-2-1-3-6-12/h4-5,7-9H,1-3,6,10-11H2. The minimum atomic E-state index is -0.271. The van der Waals surface area contributed by atoms with Crippen molar-refractivity contribution in [2.75, 3.05) is 0 Å². The molecule has 1 aliphatic carbocycles. The normalized spacial score (nSPS) is 15.5. The summed E-state index contributed by atoms with van der Waals surface area (Å²) < 4.78 is 13.0. The fourth-order valence-corrected chi connectivity index (χ4v) is 2.26. The van der Waals surface area contributed by atoms with Crippen molar-refractivity contribution in [2.24, 2.45) is 0 Å². The van der Waals surface area contributed by atoms with Crippen molar-refractivity contribution in [2.45, 2.75) is 38.5 Å². The number of benzene rings is 1. The summed E-state index contributed by atoms with van der Waals surface area (Å²) in [7, 11) is 0. The van der Waals surface area contributed by atoms with E-state index in [1.165, 1.54) is 30.5 Å². The first-order chi connectivity index (χ1) is 8.24. The molecule has 1 aromatic rings. The van der Waals surface area contributed by atoms with Gasteiger partial charge in [0, 0.05) is 12.8 Å². The highest BCUT2D eigenvalue weighted by Gasteiger charge is 2.10. The summed E-state index contributed by atoms with van der Waals surface area (Å²) in [5.41, 5.74) is 2.03. The Labute approximate surface area is 101 Å². The fourth-order valence-electron chi connectivity index (χ4n) is 2.26. The first-order valence-corrected chi connectivity index (χ1v) is 6.18. The Hall–Kier alpha value is -1.44. The van der Waals surface area contributed by atoms with Crippen LogP contribution in [0.4, 0.5) is 4.39 Å². The molecule has 0 amide bonds. The van der Waals surface area contributed by atoms with Gasteiger partial charge in [0.1, 0.15) is 11.6 Å². The third kappa shape index (κ3) is 3.81. The van der Waals surface area contributed by atoms with Crippen LogP contribution in [-0.4, -0.2) is 5.78 Å². The molecule has 0 radical (unpaired) electrons. The Balaban J connectivity index is 1.91. The van der Waals surface area contributed by atoms with Gasteiger partial charge in [-0.25, -0.2) is 4.39 Å². The molecule has 17 heavy (non-hydrogen) atoms. The topological polar surface area (TPSA) is 17.1 Å². The molecule has 0 saturated heterocycles. The van der Waals surface area contributed by atoms with Gasteiger partial charge in [-0.05, 0) is 43.4 Å². The quantitative estimate of drug-likeness (QED) is 0.721. The number of allylic oxidation sites excluding steroid dienone is 2. The lowest BCUT2D eigenvalue weighted by Gasteiger charge is -2.11. The second-order valence-corrected chi connectivity index (χ2v) is 4.63. The van der Waals surface area contributed by atoms with E-state index in [0.717, 1.165) is 18.4 Å². The van der Waals surface area contributed by atoms with E-state index in [9.17, 15) is 9.18 Å². The monoisotopic (exact) mass is 232 g/mol. The number of rotatable bonds is 4. The predicted octanol–water partition coefficient (Wildman–Crippen LogP) is 3.83. The molecule has 0 N–H and O–H groups in total. The van der Waals surface area contributed by atoms with Gasteiger partial charge in [-0.1, -0.05) is 23.8 Å². The third-order valence-corrected chi connectivity index (χ3v) is 3.10. The highest BCUT2D eigenvalue weighted by molar-refractivity contribution is 5.83. The summed E-state index contributed by atoms with van der Waals surface area (Å²) in [6.45, 7) is 0. The van der Waals surface area contributed by atoms with Crippen molar-refractivity contribution in [3.8, 4) is 0 Å². The number of halogens is 1. The second-order valence-electron chi connectivity index (χ2n) is 4.63. The van der Waals surface area contributed by atoms with Gasteiger partial charge in [0.05, 0.1) is 0 Å². The van der Waals surface area contributed by atoms with E-state index < -0.39 is 0 Å². The number of carbonyl (C=O) groups is 1. The van der Waals surface area contributed by atoms with Crippen molar-refractivity contribution < 1.29 is 9.18 Å². The van der Waals surface area contributed by atoms with E-state index in [1.807, 2.05) is 0 Å². The first-order valence-electron chi connectivity index (χ1n) is 6.18. The molecule has 0 unspecified atom stereocenters. The molecule has 2 heteroatoms. The lowest BCUT2D eigenvalue weighted by molar-refractivity contribution is -0.117. The molecule has 0 saturated carbocycles. The highest BCUT2D eigenvalue weighted by atomic mass is 19.1. The molecule has 90 valence electrons. The van der Waals surface area contributed by atoms with Gasteiger partial charge in [-0.2, -0.15) is 0 Å². The Kier molecular flexibility index (Phi) is 4.08. The zero-order valence-electron chi connectivity index (χ0n) is 9.92. The summed E-state index contributed by atoms with van der Waals surface area (Å²) in [4.78, 5) is 11.8. The third-order valence-electron chi connectivity index (χ3n) is 3.10. The average molecular weight is 232 g/mol. The molecule has 0 bridgehead atoms. The van der Waals surface area contributed by atoms with Gasteiger partial charge < -0.3 is 0 Å². The minimum Gasteiger partial charge on any atom is -0.299 e. The molecule has 0 atom stereocenters. The smallest absolute Gasteiger partial charge is 0.141 e. The average Bonchev–Trinajstić information content (AvgIpc) is 2.30. The molecule has 2 rings (SSSR count). The van der Waals surface area contributed by atoms with Crippen LogP contribution in [0.25, 0.3) is 0 Å². The number of Topliss-reactive ketones (excluding diaryl/α,β-unsaturated/α-hetero) is 1. The minimum absolute atomic E-state index is 0.184. The Morgan fingerprint density at radius 2 is 2.12 bits per heavy atom. The molecule has 1 nitrogen and oxygen atoms in total. The van der Waals surface area contributed by atoms with Crippen molar-refractivity contribution in [3.63, 3.8) is 0 Å². The lowest BCUT2D eigenvalue weighted by atomic mass is 9.94. The summed E-state index contributed by atoms with van der Waals surface area (Å²) in [6.07, 6.45) is 7.65. The molecular formula is C15H17FO. The van der Waals surface area contributed by atoms with Crippen LogP contribution in [-0.2, 0) is 11.2 Å². The number of carbonyl (C=O) groups excluding carboxylic acids is 1.